The largest absolute Gasteiger partial charge is 0.457 e. The zero-order valence-corrected chi connectivity index (χ0v) is 12.1. The fraction of sp³-hybridized carbons (Fsp3) is 0.471. The van der Waals surface area contributed by atoms with Gasteiger partial charge in [-0.2, -0.15) is 0 Å². The van der Waals surface area contributed by atoms with Crippen LogP contribution >= 0.6 is 0 Å². The summed E-state index contributed by atoms with van der Waals surface area (Å²) >= 11 is 0. The molecule has 1 fully saturated rings. The second-order valence-corrected chi connectivity index (χ2v) is 5.46. The van der Waals surface area contributed by atoms with E-state index in [4.69, 9.17) is 4.74 Å². The third-order valence-corrected chi connectivity index (χ3v) is 3.74. The van der Waals surface area contributed by atoms with Crippen molar-refractivity contribution in [3.05, 3.63) is 42.1 Å². The molecule has 3 nitrogen and oxygen atoms in total. The standard InChI is InChI=1S/C17H23NO2/c1-15(19)20-17(11-6-3-7-12-17)14-18-13-10-16-8-4-2-5-9-16/h2,4-5,8-10,13,18H,3,6-7,11-12,14H2,1H3. The maximum absolute atomic E-state index is 11.3. The molecule has 20 heavy (non-hydrogen) atoms. The van der Waals surface area contributed by atoms with Crippen LogP contribution in [-0.2, 0) is 9.53 Å². The van der Waals surface area contributed by atoms with Gasteiger partial charge < -0.3 is 10.1 Å². The van der Waals surface area contributed by atoms with Crippen molar-refractivity contribution >= 4 is 12.0 Å². The zero-order chi connectivity index (χ0) is 14.3. The molecule has 1 aliphatic carbocycles. The first kappa shape index (κ1) is 14.6. The molecule has 108 valence electrons. The van der Waals surface area contributed by atoms with Crippen LogP contribution in [0.3, 0.4) is 0 Å². The minimum absolute atomic E-state index is 0.180. The Balaban J connectivity index is 1.88. The number of nitrogens with one attached hydrogen (secondary N) is 1. The Hall–Kier alpha value is -1.77. The van der Waals surface area contributed by atoms with Crippen molar-refractivity contribution in [2.75, 3.05) is 6.54 Å². The number of carbonyl (C=O) groups excluding carboxylic acids is 1. The van der Waals surface area contributed by atoms with Crippen molar-refractivity contribution in [2.45, 2.75) is 44.6 Å². The van der Waals surface area contributed by atoms with E-state index in [0.29, 0.717) is 6.54 Å². The quantitative estimate of drug-likeness (QED) is 0.834. The molecular formula is C17H23NO2. The average molecular weight is 273 g/mol. The van der Waals surface area contributed by atoms with Crippen LogP contribution in [0.25, 0.3) is 6.08 Å². The lowest BCUT2D eigenvalue weighted by Crippen LogP contribution is -2.44. The number of rotatable bonds is 5. The summed E-state index contributed by atoms with van der Waals surface area (Å²) in [4.78, 5) is 11.3. The van der Waals surface area contributed by atoms with Crippen molar-refractivity contribution in [1.82, 2.24) is 5.32 Å². The second-order valence-electron chi connectivity index (χ2n) is 5.46. The van der Waals surface area contributed by atoms with Crippen LogP contribution in [0.15, 0.2) is 36.5 Å². The second kappa shape index (κ2) is 7.13. The van der Waals surface area contributed by atoms with Gasteiger partial charge in [0.15, 0.2) is 0 Å². The molecule has 0 unspecified atom stereocenters. The molecule has 1 aromatic rings. The summed E-state index contributed by atoms with van der Waals surface area (Å²) in [6.45, 7) is 2.19. The normalized spacial score (nSPS) is 17.9. The van der Waals surface area contributed by atoms with E-state index in [1.807, 2.05) is 30.5 Å². The van der Waals surface area contributed by atoms with Crippen LogP contribution in [0.4, 0.5) is 0 Å². The number of hydrogen-bond acceptors (Lipinski definition) is 3. The molecule has 0 aliphatic heterocycles. The summed E-state index contributed by atoms with van der Waals surface area (Å²) in [6.07, 6.45) is 9.40. The van der Waals surface area contributed by atoms with E-state index in [0.717, 1.165) is 31.2 Å². The molecule has 1 saturated carbocycles. The summed E-state index contributed by atoms with van der Waals surface area (Å²) in [5.74, 6) is -0.180. The summed E-state index contributed by atoms with van der Waals surface area (Å²) < 4.78 is 5.60. The van der Waals surface area contributed by atoms with Crippen molar-refractivity contribution in [1.29, 1.82) is 0 Å². The van der Waals surface area contributed by atoms with Crippen LogP contribution < -0.4 is 5.32 Å². The molecule has 0 saturated heterocycles. The third kappa shape index (κ3) is 4.41. The molecule has 2 rings (SSSR count). The Labute approximate surface area is 121 Å². The van der Waals surface area contributed by atoms with E-state index in [-0.39, 0.29) is 11.6 Å². The van der Waals surface area contributed by atoms with Gasteiger partial charge in [0.05, 0.1) is 6.54 Å². The number of esters is 1. The van der Waals surface area contributed by atoms with Crippen LogP contribution in [-0.4, -0.2) is 18.1 Å². The van der Waals surface area contributed by atoms with Gasteiger partial charge in [0.2, 0.25) is 0 Å². The number of benzene rings is 1. The Bertz CT molecular complexity index is 447. The monoisotopic (exact) mass is 273 g/mol. The van der Waals surface area contributed by atoms with Crippen molar-refractivity contribution < 1.29 is 9.53 Å². The van der Waals surface area contributed by atoms with E-state index in [9.17, 15) is 4.79 Å². The molecule has 0 radical (unpaired) electrons. The molecule has 0 atom stereocenters. The van der Waals surface area contributed by atoms with Gasteiger partial charge in [-0.1, -0.05) is 36.8 Å². The first-order valence-electron chi connectivity index (χ1n) is 7.35. The van der Waals surface area contributed by atoms with Gasteiger partial charge in [-0.15, -0.1) is 0 Å². The fourth-order valence-corrected chi connectivity index (χ4v) is 2.78. The van der Waals surface area contributed by atoms with E-state index >= 15 is 0 Å². The van der Waals surface area contributed by atoms with Crippen LogP contribution in [0.2, 0.25) is 0 Å². The van der Waals surface area contributed by atoms with Crippen molar-refractivity contribution in [2.24, 2.45) is 0 Å². The first-order valence-corrected chi connectivity index (χ1v) is 7.35. The van der Waals surface area contributed by atoms with Crippen LogP contribution in [0.5, 0.6) is 0 Å². The van der Waals surface area contributed by atoms with E-state index < -0.39 is 0 Å². The molecule has 0 bridgehead atoms. The molecule has 1 aromatic carbocycles. The van der Waals surface area contributed by atoms with E-state index in [2.05, 4.69) is 17.4 Å². The maximum Gasteiger partial charge on any atom is 0.303 e. The molecule has 0 heterocycles. The predicted molar refractivity (Wildman–Crippen MR) is 81.1 cm³/mol. The van der Waals surface area contributed by atoms with E-state index in [1.165, 1.54) is 13.3 Å². The molecule has 0 amide bonds. The smallest absolute Gasteiger partial charge is 0.303 e. The van der Waals surface area contributed by atoms with Crippen molar-refractivity contribution in [3.63, 3.8) is 0 Å². The lowest BCUT2D eigenvalue weighted by atomic mass is 9.84. The summed E-state index contributed by atoms with van der Waals surface area (Å²) in [7, 11) is 0. The lowest BCUT2D eigenvalue weighted by molar-refractivity contribution is -0.159. The first-order chi connectivity index (χ1) is 9.70. The van der Waals surface area contributed by atoms with Gasteiger partial charge in [-0.3, -0.25) is 4.79 Å². The van der Waals surface area contributed by atoms with Gasteiger partial charge in [0, 0.05) is 6.92 Å². The fourth-order valence-electron chi connectivity index (χ4n) is 2.78. The Morgan fingerprint density at radius 3 is 2.60 bits per heavy atom. The number of hydrogen-bond donors (Lipinski definition) is 1. The van der Waals surface area contributed by atoms with Crippen molar-refractivity contribution in [3.8, 4) is 0 Å². The topological polar surface area (TPSA) is 38.3 Å². The van der Waals surface area contributed by atoms with Crippen LogP contribution in [0.1, 0.15) is 44.6 Å². The number of carbonyl (C=O) groups is 1. The van der Waals surface area contributed by atoms with Gasteiger partial charge in [-0.05, 0) is 43.5 Å². The van der Waals surface area contributed by atoms with Gasteiger partial charge in [0.25, 0.3) is 0 Å². The Kier molecular flexibility index (Phi) is 5.22. The Morgan fingerprint density at radius 1 is 1.25 bits per heavy atom. The number of ether oxygens (including phenoxy) is 1. The molecule has 0 spiro atoms. The highest BCUT2D eigenvalue weighted by Crippen LogP contribution is 2.31. The molecule has 1 aliphatic rings. The average Bonchev–Trinajstić information content (AvgIpc) is 2.45. The van der Waals surface area contributed by atoms with Gasteiger partial charge in [-0.25, -0.2) is 0 Å². The summed E-state index contributed by atoms with van der Waals surface area (Å²) in [5, 5.41) is 3.29. The molecule has 0 aromatic heterocycles. The molecule has 1 N–H and O–H groups in total. The van der Waals surface area contributed by atoms with E-state index in [1.54, 1.807) is 0 Å². The van der Waals surface area contributed by atoms with Crippen LogP contribution in [0, 0.1) is 0 Å². The minimum atomic E-state index is -0.314. The SMILES string of the molecule is CC(=O)OC1(CNC=Cc2ccccc2)CCCCC1. The highest BCUT2D eigenvalue weighted by atomic mass is 16.6. The minimum Gasteiger partial charge on any atom is -0.457 e. The molecular weight excluding hydrogens is 250 g/mol. The summed E-state index contributed by atoms with van der Waals surface area (Å²) in [6, 6.07) is 10.1. The zero-order valence-electron chi connectivity index (χ0n) is 12.1. The highest BCUT2D eigenvalue weighted by Gasteiger charge is 2.34. The van der Waals surface area contributed by atoms with Gasteiger partial charge >= 0.3 is 5.97 Å². The lowest BCUT2D eigenvalue weighted by Gasteiger charge is -2.36. The maximum atomic E-state index is 11.3. The third-order valence-electron chi connectivity index (χ3n) is 3.74. The highest BCUT2D eigenvalue weighted by molar-refractivity contribution is 5.66. The van der Waals surface area contributed by atoms with Gasteiger partial charge in [0.1, 0.15) is 5.60 Å². The predicted octanol–water partition coefficient (Wildman–Crippen LogP) is 3.51. The molecule has 3 heteroatoms. The summed E-state index contributed by atoms with van der Waals surface area (Å²) in [5.41, 5.74) is 0.843. The Morgan fingerprint density at radius 2 is 1.95 bits per heavy atom.